The third kappa shape index (κ3) is 5.99. The Kier molecular flexibility index (Phi) is 8.39. The predicted octanol–water partition coefficient (Wildman–Crippen LogP) is 3.06. The van der Waals surface area contributed by atoms with Gasteiger partial charge in [0, 0.05) is 26.2 Å². The lowest BCUT2D eigenvalue weighted by atomic mass is 10.0. The number of ether oxygens (including phenoxy) is 1. The molecule has 0 saturated carbocycles. The number of rotatable bonds is 7. The molecule has 1 unspecified atom stereocenters. The van der Waals surface area contributed by atoms with Crippen molar-refractivity contribution in [2.45, 2.75) is 45.8 Å². The molecule has 0 bridgehead atoms. The van der Waals surface area contributed by atoms with E-state index in [0.29, 0.717) is 6.04 Å². The van der Waals surface area contributed by atoms with Crippen molar-refractivity contribution in [1.29, 1.82) is 0 Å². The van der Waals surface area contributed by atoms with Crippen LogP contribution in [0.5, 0.6) is 0 Å². The van der Waals surface area contributed by atoms with E-state index >= 15 is 0 Å². The third-order valence-electron chi connectivity index (χ3n) is 5.22. The number of hydrogen-bond donors (Lipinski definition) is 1. The highest BCUT2D eigenvalue weighted by atomic mass is 16.5. The van der Waals surface area contributed by atoms with Crippen molar-refractivity contribution < 1.29 is 4.74 Å². The third-order valence-corrected chi connectivity index (χ3v) is 5.22. The molecule has 0 spiro atoms. The van der Waals surface area contributed by atoms with E-state index in [9.17, 15) is 0 Å². The number of nitrogens with one attached hydrogen (secondary N) is 1. The van der Waals surface area contributed by atoms with Crippen LogP contribution in [0, 0.1) is 6.92 Å². The second-order valence-corrected chi connectivity index (χ2v) is 7.42. The van der Waals surface area contributed by atoms with E-state index in [1.54, 1.807) is 0 Å². The van der Waals surface area contributed by atoms with Crippen LogP contribution in [0.1, 0.15) is 43.9 Å². The van der Waals surface area contributed by atoms with Crippen molar-refractivity contribution in [3.8, 4) is 0 Å². The Morgan fingerprint density at radius 3 is 2.81 bits per heavy atom. The molecule has 1 N–H and O–H groups in total. The zero-order valence-corrected chi connectivity index (χ0v) is 17.2. The number of morpholine rings is 1. The molecular formula is C21H36N4O. The van der Waals surface area contributed by atoms with Crippen molar-refractivity contribution in [2.75, 3.05) is 46.9 Å². The molecule has 1 aromatic carbocycles. The van der Waals surface area contributed by atoms with Gasteiger partial charge in [0.1, 0.15) is 6.10 Å². The van der Waals surface area contributed by atoms with E-state index in [2.05, 4.69) is 72.2 Å². The Hall–Kier alpha value is -1.59. The topological polar surface area (TPSA) is 40.1 Å². The lowest BCUT2D eigenvalue weighted by Crippen LogP contribution is -2.48. The summed E-state index contributed by atoms with van der Waals surface area (Å²) in [5.41, 5.74) is 2.57. The average Bonchev–Trinajstić information content (AvgIpc) is 2.65. The standard InChI is InChI=1S/C21H36N4O/c1-17(2)24(5)13-9-8-12-23-21(22-4)25-14-15-26-20(16-25)19-11-7-6-10-18(19)3/h6-7,10-11,17,20H,8-9,12-16H2,1-5H3,(H,22,23). The van der Waals surface area contributed by atoms with Crippen molar-refractivity contribution >= 4 is 5.96 Å². The molecule has 1 fully saturated rings. The fourth-order valence-electron chi connectivity index (χ4n) is 3.25. The predicted molar refractivity (Wildman–Crippen MR) is 110 cm³/mol. The van der Waals surface area contributed by atoms with Gasteiger partial charge in [-0.2, -0.15) is 0 Å². The first kappa shape index (κ1) is 20.7. The maximum atomic E-state index is 6.03. The highest BCUT2D eigenvalue weighted by molar-refractivity contribution is 5.80. The molecule has 0 amide bonds. The summed E-state index contributed by atoms with van der Waals surface area (Å²) < 4.78 is 6.03. The number of unbranched alkanes of at least 4 members (excludes halogenated alkanes) is 1. The van der Waals surface area contributed by atoms with Crippen molar-refractivity contribution in [3.05, 3.63) is 35.4 Å². The van der Waals surface area contributed by atoms with Crippen molar-refractivity contribution in [1.82, 2.24) is 15.1 Å². The Morgan fingerprint density at radius 1 is 1.35 bits per heavy atom. The van der Waals surface area contributed by atoms with E-state index in [1.165, 1.54) is 17.5 Å². The van der Waals surface area contributed by atoms with Gasteiger partial charge in [0.2, 0.25) is 0 Å². The molecule has 2 rings (SSSR count). The van der Waals surface area contributed by atoms with Gasteiger partial charge >= 0.3 is 0 Å². The summed E-state index contributed by atoms with van der Waals surface area (Å²) in [5, 5.41) is 3.53. The number of benzene rings is 1. The lowest BCUT2D eigenvalue weighted by molar-refractivity contribution is -0.00830. The quantitative estimate of drug-likeness (QED) is 0.461. The molecule has 1 saturated heterocycles. The van der Waals surface area contributed by atoms with Gasteiger partial charge in [-0.15, -0.1) is 0 Å². The molecule has 5 heteroatoms. The van der Waals surface area contributed by atoms with Crippen LogP contribution in [0.3, 0.4) is 0 Å². The first-order valence-electron chi connectivity index (χ1n) is 9.86. The smallest absolute Gasteiger partial charge is 0.193 e. The molecule has 146 valence electrons. The maximum absolute atomic E-state index is 6.03. The maximum Gasteiger partial charge on any atom is 0.193 e. The normalized spacial score (nSPS) is 18.7. The first-order chi connectivity index (χ1) is 12.5. The number of nitrogens with zero attached hydrogens (tertiary/aromatic N) is 3. The molecule has 1 heterocycles. The molecule has 1 aromatic rings. The average molecular weight is 361 g/mol. The molecule has 0 radical (unpaired) electrons. The van der Waals surface area contributed by atoms with Gasteiger partial charge in [0.05, 0.1) is 13.2 Å². The summed E-state index contributed by atoms with van der Waals surface area (Å²) in [6, 6.07) is 9.11. The van der Waals surface area contributed by atoms with Gasteiger partial charge in [-0.25, -0.2) is 0 Å². The van der Waals surface area contributed by atoms with Crippen LogP contribution in [-0.4, -0.2) is 68.7 Å². The Morgan fingerprint density at radius 2 is 2.12 bits per heavy atom. The molecular weight excluding hydrogens is 324 g/mol. The summed E-state index contributed by atoms with van der Waals surface area (Å²) in [4.78, 5) is 9.20. The highest BCUT2D eigenvalue weighted by Crippen LogP contribution is 2.24. The van der Waals surface area contributed by atoms with Gasteiger partial charge in [0.15, 0.2) is 5.96 Å². The minimum absolute atomic E-state index is 0.114. The minimum atomic E-state index is 0.114. The highest BCUT2D eigenvalue weighted by Gasteiger charge is 2.24. The van der Waals surface area contributed by atoms with Gasteiger partial charge < -0.3 is 19.9 Å². The van der Waals surface area contributed by atoms with Crippen LogP contribution in [0.2, 0.25) is 0 Å². The lowest BCUT2D eigenvalue weighted by Gasteiger charge is -2.35. The second-order valence-electron chi connectivity index (χ2n) is 7.42. The Balaban J connectivity index is 1.81. The fourth-order valence-corrected chi connectivity index (χ4v) is 3.25. The van der Waals surface area contributed by atoms with Gasteiger partial charge in [-0.3, -0.25) is 4.99 Å². The van der Waals surface area contributed by atoms with E-state index in [-0.39, 0.29) is 6.10 Å². The summed E-state index contributed by atoms with van der Waals surface area (Å²) in [5.74, 6) is 0.990. The van der Waals surface area contributed by atoms with E-state index in [4.69, 9.17) is 4.74 Å². The summed E-state index contributed by atoms with van der Waals surface area (Å²) in [6.45, 7) is 11.2. The van der Waals surface area contributed by atoms with Crippen molar-refractivity contribution in [2.24, 2.45) is 4.99 Å². The number of aliphatic imine (C=N–C) groups is 1. The number of aryl methyl sites for hydroxylation is 1. The molecule has 1 atom stereocenters. The zero-order valence-electron chi connectivity index (χ0n) is 17.2. The summed E-state index contributed by atoms with van der Waals surface area (Å²) in [7, 11) is 4.06. The molecule has 0 aliphatic carbocycles. The largest absolute Gasteiger partial charge is 0.370 e. The Labute approximate surface area is 159 Å². The van der Waals surface area contributed by atoms with Gasteiger partial charge in [-0.1, -0.05) is 24.3 Å². The summed E-state index contributed by atoms with van der Waals surface area (Å²) in [6.07, 6.45) is 2.47. The van der Waals surface area contributed by atoms with E-state index in [1.807, 2.05) is 7.05 Å². The Bertz CT molecular complexity index is 573. The summed E-state index contributed by atoms with van der Waals surface area (Å²) >= 11 is 0. The molecule has 1 aliphatic rings. The zero-order chi connectivity index (χ0) is 18.9. The van der Waals surface area contributed by atoms with E-state index in [0.717, 1.165) is 45.2 Å². The number of guanidine groups is 1. The molecule has 1 aliphatic heterocycles. The van der Waals surface area contributed by atoms with Crippen LogP contribution in [0.4, 0.5) is 0 Å². The van der Waals surface area contributed by atoms with Gasteiger partial charge in [0.25, 0.3) is 0 Å². The first-order valence-corrected chi connectivity index (χ1v) is 9.86. The molecule has 5 nitrogen and oxygen atoms in total. The second kappa shape index (κ2) is 10.5. The monoisotopic (exact) mass is 360 g/mol. The minimum Gasteiger partial charge on any atom is -0.370 e. The van der Waals surface area contributed by atoms with Crippen molar-refractivity contribution in [3.63, 3.8) is 0 Å². The van der Waals surface area contributed by atoms with Crippen LogP contribution >= 0.6 is 0 Å². The van der Waals surface area contributed by atoms with Crippen LogP contribution in [0.25, 0.3) is 0 Å². The molecule has 26 heavy (non-hydrogen) atoms. The van der Waals surface area contributed by atoms with Gasteiger partial charge in [-0.05, 0) is 58.3 Å². The fraction of sp³-hybridized carbons (Fsp3) is 0.667. The SMILES string of the molecule is CN=C(NCCCCN(C)C(C)C)N1CCOC(c2ccccc2C)C1. The van der Waals surface area contributed by atoms with Crippen LogP contribution in [-0.2, 0) is 4.74 Å². The molecule has 0 aromatic heterocycles. The van der Waals surface area contributed by atoms with Crippen LogP contribution in [0.15, 0.2) is 29.3 Å². The van der Waals surface area contributed by atoms with Crippen LogP contribution < -0.4 is 5.32 Å². The number of hydrogen-bond acceptors (Lipinski definition) is 3. The van der Waals surface area contributed by atoms with E-state index < -0.39 is 0 Å².